The molecule has 6 heavy (non-hydrogen) atoms. The summed E-state index contributed by atoms with van der Waals surface area (Å²) in [6.07, 6.45) is -2.33. The smallest absolute Gasteiger partial charge is 0.652 e. The van der Waals surface area contributed by atoms with Crippen LogP contribution in [-0.4, -0.2) is 52.3 Å². The van der Waals surface area contributed by atoms with Gasteiger partial charge in [0.25, 0.3) is 0 Å². The zero-order chi connectivity index (χ0) is 3.58. The standard InChI is InChI=1S/CH2O3.2Mg/c2-1(3)4;;/h(H2,2,3,4);;/q;2*+2/p-2. The van der Waals surface area contributed by atoms with Gasteiger partial charge in [0, 0.05) is 0 Å². The van der Waals surface area contributed by atoms with Gasteiger partial charge < -0.3 is 15.0 Å². The molecule has 0 saturated heterocycles. The van der Waals surface area contributed by atoms with Crippen molar-refractivity contribution in [1.29, 1.82) is 0 Å². The molecule has 5 heteroatoms. The Balaban J connectivity index is -0.0000000450. The van der Waals surface area contributed by atoms with Crippen molar-refractivity contribution < 1.29 is 15.0 Å². The minimum Gasteiger partial charge on any atom is -0.652 e. The molecule has 0 aliphatic carbocycles. The first kappa shape index (κ1) is 15.8. The summed E-state index contributed by atoms with van der Waals surface area (Å²) in [5.41, 5.74) is 0. The van der Waals surface area contributed by atoms with Gasteiger partial charge in [0.1, 0.15) is 0 Å². The number of carboxylic acid groups (broad SMARTS) is 2. The first-order valence-electron chi connectivity index (χ1n) is 0.612. The van der Waals surface area contributed by atoms with Crippen molar-refractivity contribution in [2.24, 2.45) is 0 Å². The molecule has 0 spiro atoms. The monoisotopic (exact) mass is 108 g/mol. The van der Waals surface area contributed by atoms with Crippen LogP contribution in [-0.2, 0) is 0 Å². The second-order valence-electron chi connectivity index (χ2n) is 0.250. The molecule has 0 saturated carbocycles. The van der Waals surface area contributed by atoms with Gasteiger partial charge >= 0.3 is 46.1 Å². The van der Waals surface area contributed by atoms with Crippen molar-refractivity contribution >= 4 is 52.3 Å². The van der Waals surface area contributed by atoms with Crippen molar-refractivity contribution in [1.82, 2.24) is 0 Å². The summed E-state index contributed by atoms with van der Waals surface area (Å²) in [5, 5.41) is 16.7. The largest absolute Gasteiger partial charge is 2.00 e. The van der Waals surface area contributed by atoms with Crippen molar-refractivity contribution in [3.05, 3.63) is 0 Å². The molecule has 0 bridgehead atoms. The van der Waals surface area contributed by atoms with Crippen molar-refractivity contribution in [3.63, 3.8) is 0 Å². The summed E-state index contributed by atoms with van der Waals surface area (Å²) >= 11 is 0. The number of hydrogen-bond donors (Lipinski definition) is 0. The van der Waals surface area contributed by atoms with Crippen LogP contribution in [0.4, 0.5) is 4.79 Å². The molecule has 0 aliphatic heterocycles. The van der Waals surface area contributed by atoms with Crippen LogP contribution in [0.15, 0.2) is 0 Å². The summed E-state index contributed by atoms with van der Waals surface area (Å²) < 4.78 is 0. The average Bonchev–Trinajstić information content (AvgIpc) is 0.811. The molecule has 0 aromatic heterocycles. The molecule has 0 radical (unpaired) electrons. The van der Waals surface area contributed by atoms with Gasteiger partial charge in [-0.3, -0.25) is 0 Å². The van der Waals surface area contributed by atoms with E-state index in [1.165, 1.54) is 0 Å². The molecule has 0 aromatic rings. The van der Waals surface area contributed by atoms with E-state index in [4.69, 9.17) is 15.0 Å². The second kappa shape index (κ2) is 9.26. The maximum atomic E-state index is 8.33. The Bertz CT molecular complexity index is 31.8. The van der Waals surface area contributed by atoms with E-state index in [2.05, 4.69) is 0 Å². The topological polar surface area (TPSA) is 63.2 Å². The first-order valence-corrected chi connectivity index (χ1v) is 0.612. The molecule has 0 aliphatic rings. The van der Waals surface area contributed by atoms with E-state index in [1.807, 2.05) is 0 Å². The summed E-state index contributed by atoms with van der Waals surface area (Å²) in [7, 11) is 0. The molecule has 0 fully saturated rings. The van der Waals surface area contributed by atoms with Gasteiger partial charge in [-0.25, -0.2) is 0 Å². The summed E-state index contributed by atoms with van der Waals surface area (Å²) in [6, 6.07) is 0. The van der Waals surface area contributed by atoms with Crippen LogP contribution in [0.3, 0.4) is 0 Å². The number of carbonyl (C=O) groups is 1. The Morgan fingerprint density at radius 2 is 1.17 bits per heavy atom. The van der Waals surface area contributed by atoms with Crippen LogP contribution >= 0.6 is 0 Å². The van der Waals surface area contributed by atoms with Crippen LogP contribution in [0.25, 0.3) is 0 Å². The van der Waals surface area contributed by atoms with Crippen molar-refractivity contribution in [3.8, 4) is 0 Å². The third-order valence-corrected chi connectivity index (χ3v) is 0. The molecule has 3 nitrogen and oxygen atoms in total. The van der Waals surface area contributed by atoms with Gasteiger partial charge in [-0.15, -0.1) is 0 Å². The van der Waals surface area contributed by atoms with Gasteiger partial charge in [0.05, 0.1) is 0 Å². The summed E-state index contributed by atoms with van der Waals surface area (Å²) in [6.45, 7) is 0. The Morgan fingerprint density at radius 3 is 1.17 bits per heavy atom. The van der Waals surface area contributed by atoms with Gasteiger partial charge in [-0.05, 0) is 6.16 Å². The third-order valence-electron chi connectivity index (χ3n) is 0. The van der Waals surface area contributed by atoms with Gasteiger partial charge in [-0.2, -0.15) is 0 Å². The van der Waals surface area contributed by atoms with E-state index in [1.54, 1.807) is 0 Å². The van der Waals surface area contributed by atoms with Crippen molar-refractivity contribution in [2.45, 2.75) is 0 Å². The van der Waals surface area contributed by atoms with Gasteiger partial charge in [0.2, 0.25) is 0 Å². The van der Waals surface area contributed by atoms with E-state index in [9.17, 15) is 0 Å². The molecule has 0 aromatic carbocycles. The molecule has 0 amide bonds. The fourth-order valence-electron chi connectivity index (χ4n) is 0. The van der Waals surface area contributed by atoms with E-state index < -0.39 is 6.16 Å². The SMILES string of the molecule is O=C([O-])[O-].[Mg+2].[Mg+2]. The first-order chi connectivity index (χ1) is 1.73. The maximum absolute atomic E-state index is 8.33. The van der Waals surface area contributed by atoms with Crippen LogP contribution in [0.1, 0.15) is 0 Å². The molecule has 0 atom stereocenters. The third kappa shape index (κ3) is 108. The fraction of sp³-hybridized carbons (Fsp3) is 0. The number of rotatable bonds is 0. The van der Waals surface area contributed by atoms with Gasteiger partial charge in [0.15, 0.2) is 0 Å². The summed E-state index contributed by atoms with van der Waals surface area (Å²) in [5.74, 6) is 0. The second-order valence-corrected chi connectivity index (χ2v) is 0.250. The normalized spacial score (nSPS) is 4.00. The van der Waals surface area contributed by atoms with Crippen molar-refractivity contribution in [2.75, 3.05) is 0 Å². The minimum absolute atomic E-state index is 0. The molecule has 0 unspecified atom stereocenters. The Labute approximate surface area is 67.0 Å². The zero-order valence-electron chi connectivity index (χ0n) is 3.14. The predicted octanol–water partition coefficient (Wildman–Crippen LogP) is -3.21. The van der Waals surface area contributed by atoms with Crippen LogP contribution in [0.2, 0.25) is 0 Å². The summed E-state index contributed by atoms with van der Waals surface area (Å²) in [4.78, 5) is 8.33. The molecule has 0 rings (SSSR count). The van der Waals surface area contributed by atoms with Crippen LogP contribution < -0.4 is 10.2 Å². The molecular weight excluding hydrogens is 109 g/mol. The van der Waals surface area contributed by atoms with E-state index in [-0.39, 0.29) is 46.1 Å². The van der Waals surface area contributed by atoms with E-state index in [0.717, 1.165) is 0 Å². The number of hydrogen-bond acceptors (Lipinski definition) is 3. The van der Waals surface area contributed by atoms with Crippen LogP contribution in [0.5, 0.6) is 0 Å². The minimum atomic E-state index is -2.33. The maximum Gasteiger partial charge on any atom is 2.00 e. The van der Waals surface area contributed by atoms with E-state index in [0.29, 0.717) is 0 Å². The molecular formula is CMg2O3+2. The fourth-order valence-corrected chi connectivity index (χ4v) is 0. The predicted molar refractivity (Wildman–Crippen MR) is 16.9 cm³/mol. The van der Waals surface area contributed by atoms with E-state index >= 15 is 0 Å². The molecule has 0 heterocycles. The zero-order valence-corrected chi connectivity index (χ0v) is 5.97. The Kier molecular flexibility index (Phi) is 24.4. The molecule has 24 valence electrons. The van der Waals surface area contributed by atoms with Gasteiger partial charge in [-0.1, -0.05) is 0 Å². The number of carbonyl (C=O) groups excluding carboxylic acids is 1. The average molecular weight is 109 g/mol. The quantitative estimate of drug-likeness (QED) is 0.307. The van der Waals surface area contributed by atoms with Crippen LogP contribution in [0, 0.1) is 0 Å². The molecule has 0 N–H and O–H groups in total. The Hall–Kier alpha value is 0.802. The Morgan fingerprint density at radius 1 is 1.17 bits per heavy atom.